The number of benzene rings is 10. The predicted octanol–water partition coefficient (Wildman–Crippen LogP) is 14.8. The number of hydrogen-bond donors (Lipinski definition) is 0. The maximum Gasteiger partial charge on any atom is 0.0159 e. The summed E-state index contributed by atoms with van der Waals surface area (Å²) >= 11 is 0. The fourth-order valence-corrected chi connectivity index (χ4v) is 9.59. The molecule has 0 saturated carbocycles. The summed E-state index contributed by atoms with van der Waals surface area (Å²) < 4.78 is 0. The van der Waals surface area contributed by atoms with Gasteiger partial charge < -0.3 is 0 Å². The third-order valence-electron chi connectivity index (χ3n) is 12.1. The second kappa shape index (κ2) is 11.2. The molecule has 10 aromatic rings. The fourth-order valence-electron chi connectivity index (χ4n) is 9.59. The lowest BCUT2D eigenvalue weighted by Gasteiger charge is -2.22. The quantitative estimate of drug-likeness (QED) is 0.129. The van der Waals surface area contributed by atoms with Crippen molar-refractivity contribution in [1.82, 2.24) is 0 Å². The molecule has 0 saturated heterocycles. The molecule has 10 aromatic carbocycles. The first-order valence-electron chi connectivity index (χ1n) is 18.7. The van der Waals surface area contributed by atoms with E-state index in [9.17, 15) is 0 Å². The Morgan fingerprint density at radius 2 is 0.755 bits per heavy atom. The van der Waals surface area contributed by atoms with Crippen LogP contribution in [-0.2, 0) is 5.41 Å². The molecule has 0 heteroatoms. The van der Waals surface area contributed by atoms with Crippen molar-refractivity contribution < 1.29 is 0 Å². The number of hydrogen-bond acceptors (Lipinski definition) is 0. The zero-order valence-electron chi connectivity index (χ0n) is 29.8. The SMILES string of the molecule is CC1(C)c2cccc(-c3ccc(-c4c5ccccc5c(-c5cccc6c5ccc5ccccc56)c5ccccc45)cc3)c2-c2c1ccc1ccccc21. The van der Waals surface area contributed by atoms with Crippen LogP contribution in [0.25, 0.3) is 98.4 Å². The Bertz CT molecular complexity index is 3060. The van der Waals surface area contributed by atoms with Gasteiger partial charge in [0.1, 0.15) is 0 Å². The van der Waals surface area contributed by atoms with E-state index in [4.69, 9.17) is 0 Å². The van der Waals surface area contributed by atoms with Crippen LogP contribution >= 0.6 is 0 Å². The van der Waals surface area contributed by atoms with Crippen molar-refractivity contribution in [2.24, 2.45) is 0 Å². The highest BCUT2D eigenvalue weighted by molar-refractivity contribution is 6.25. The summed E-state index contributed by atoms with van der Waals surface area (Å²) in [6, 6.07) is 67.8. The van der Waals surface area contributed by atoms with E-state index in [1.807, 2.05) is 0 Å². The van der Waals surface area contributed by atoms with Gasteiger partial charge in [0.25, 0.3) is 0 Å². The van der Waals surface area contributed by atoms with E-state index in [0.29, 0.717) is 0 Å². The van der Waals surface area contributed by atoms with Gasteiger partial charge in [-0.15, -0.1) is 0 Å². The Hall–Kier alpha value is -6.50. The molecule has 0 bridgehead atoms. The van der Waals surface area contributed by atoms with Gasteiger partial charge in [-0.2, -0.15) is 0 Å². The molecule has 11 rings (SSSR count). The molecule has 0 radical (unpaired) electrons. The molecule has 0 aromatic heterocycles. The van der Waals surface area contributed by atoms with Crippen molar-refractivity contribution in [1.29, 1.82) is 0 Å². The van der Waals surface area contributed by atoms with E-state index < -0.39 is 0 Å². The third kappa shape index (κ3) is 4.30. The molecular weight excluding hydrogens is 637 g/mol. The normalized spacial score (nSPS) is 13.2. The minimum absolute atomic E-state index is 0.0681. The Balaban J connectivity index is 1.12. The molecule has 0 unspecified atom stereocenters. The molecular formula is C53H36. The smallest absolute Gasteiger partial charge is 0.0159 e. The minimum Gasteiger partial charge on any atom is -0.0616 e. The summed E-state index contributed by atoms with van der Waals surface area (Å²) in [6.07, 6.45) is 0. The zero-order chi connectivity index (χ0) is 35.3. The number of fused-ring (bicyclic) bond motifs is 10. The van der Waals surface area contributed by atoms with E-state index in [-0.39, 0.29) is 5.41 Å². The van der Waals surface area contributed by atoms with E-state index in [2.05, 4.69) is 196 Å². The van der Waals surface area contributed by atoms with Gasteiger partial charge >= 0.3 is 0 Å². The molecule has 0 nitrogen and oxygen atoms in total. The predicted molar refractivity (Wildman–Crippen MR) is 228 cm³/mol. The average Bonchev–Trinajstić information content (AvgIpc) is 3.46. The number of rotatable bonds is 3. The largest absolute Gasteiger partial charge is 0.0616 e. The standard InChI is InChI=1S/C53H36/c1-53(2)47-24-12-21-39(51(47)52-38-16-6-4-14-34(38)30-32-48(52)53)35-25-27-36(28-26-35)49-43-17-7-9-19-45(43)50(46-20-10-8-18-44(46)49)42-23-11-22-40-37-15-5-3-13-33(37)29-31-41(40)42/h3-32H,1-2H3. The van der Waals surface area contributed by atoms with Crippen LogP contribution in [0.1, 0.15) is 25.0 Å². The van der Waals surface area contributed by atoms with Gasteiger partial charge in [0.05, 0.1) is 0 Å². The van der Waals surface area contributed by atoms with Gasteiger partial charge in [0.15, 0.2) is 0 Å². The first-order valence-corrected chi connectivity index (χ1v) is 18.7. The average molecular weight is 673 g/mol. The molecule has 0 N–H and O–H groups in total. The van der Waals surface area contributed by atoms with Crippen molar-refractivity contribution in [3.63, 3.8) is 0 Å². The second-order valence-corrected chi connectivity index (χ2v) is 15.2. The molecule has 0 heterocycles. The summed E-state index contributed by atoms with van der Waals surface area (Å²) in [5.41, 5.74) is 13.1. The lowest BCUT2D eigenvalue weighted by Crippen LogP contribution is -2.14. The van der Waals surface area contributed by atoms with Crippen LogP contribution in [0.3, 0.4) is 0 Å². The van der Waals surface area contributed by atoms with Crippen molar-refractivity contribution in [2.75, 3.05) is 0 Å². The maximum absolute atomic E-state index is 2.37. The lowest BCUT2D eigenvalue weighted by molar-refractivity contribution is 0.661. The summed E-state index contributed by atoms with van der Waals surface area (Å²) in [7, 11) is 0. The molecule has 1 aliphatic rings. The molecule has 0 aliphatic heterocycles. The van der Waals surface area contributed by atoms with Gasteiger partial charge in [0.2, 0.25) is 0 Å². The topological polar surface area (TPSA) is 0 Å². The van der Waals surface area contributed by atoms with Crippen LogP contribution in [0.4, 0.5) is 0 Å². The Morgan fingerprint density at radius 3 is 1.45 bits per heavy atom. The lowest BCUT2D eigenvalue weighted by atomic mass is 9.81. The fraction of sp³-hybridized carbons (Fsp3) is 0.0566. The van der Waals surface area contributed by atoms with Crippen LogP contribution in [0, 0.1) is 0 Å². The van der Waals surface area contributed by atoms with Crippen molar-refractivity contribution >= 4 is 53.9 Å². The zero-order valence-corrected chi connectivity index (χ0v) is 29.8. The van der Waals surface area contributed by atoms with Crippen LogP contribution in [-0.4, -0.2) is 0 Å². The molecule has 0 atom stereocenters. The van der Waals surface area contributed by atoms with Crippen molar-refractivity contribution in [3.8, 4) is 44.5 Å². The molecule has 0 spiro atoms. The van der Waals surface area contributed by atoms with Gasteiger partial charge in [-0.3, -0.25) is 0 Å². The van der Waals surface area contributed by atoms with E-state index in [1.165, 1.54) is 109 Å². The Labute approximate surface area is 309 Å². The minimum atomic E-state index is -0.0681. The van der Waals surface area contributed by atoms with Crippen LogP contribution in [0.15, 0.2) is 182 Å². The molecule has 0 amide bonds. The van der Waals surface area contributed by atoms with Crippen molar-refractivity contribution in [3.05, 3.63) is 193 Å². The van der Waals surface area contributed by atoms with E-state index in [0.717, 1.165) is 0 Å². The van der Waals surface area contributed by atoms with E-state index >= 15 is 0 Å². The van der Waals surface area contributed by atoms with Crippen molar-refractivity contribution in [2.45, 2.75) is 19.3 Å². The molecule has 1 aliphatic carbocycles. The van der Waals surface area contributed by atoms with Crippen LogP contribution in [0.5, 0.6) is 0 Å². The van der Waals surface area contributed by atoms with Crippen LogP contribution in [0.2, 0.25) is 0 Å². The van der Waals surface area contributed by atoms with Crippen LogP contribution < -0.4 is 0 Å². The van der Waals surface area contributed by atoms with Gasteiger partial charge in [-0.25, -0.2) is 0 Å². The highest BCUT2D eigenvalue weighted by atomic mass is 14.4. The Kier molecular flexibility index (Phi) is 6.40. The van der Waals surface area contributed by atoms with Gasteiger partial charge in [-0.1, -0.05) is 196 Å². The van der Waals surface area contributed by atoms with Gasteiger partial charge in [-0.05, 0) is 109 Å². The highest BCUT2D eigenvalue weighted by Crippen LogP contribution is 2.54. The third-order valence-corrected chi connectivity index (χ3v) is 12.1. The summed E-state index contributed by atoms with van der Waals surface area (Å²) in [6.45, 7) is 4.75. The molecule has 53 heavy (non-hydrogen) atoms. The highest BCUT2D eigenvalue weighted by Gasteiger charge is 2.37. The monoisotopic (exact) mass is 672 g/mol. The first kappa shape index (κ1) is 30.2. The summed E-state index contributed by atoms with van der Waals surface area (Å²) in [5.74, 6) is 0. The van der Waals surface area contributed by atoms with E-state index in [1.54, 1.807) is 0 Å². The van der Waals surface area contributed by atoms with Gasteiger partial charge in [0, 0.05) is 5.41 Å². The molecule has 0 fully saturated rings. The first-order chi connectivity index (χ1) is 26.1. The summed E-state index contributed by atoms with van der Waals surface area (Å²) in [4.78, 5) is 0. The summed E-state index contributed by atoms with van der Waals surface area (Å²) in [5, 5.41) is 12.9. The second-order valence-electron chi connectivity index (χ2n) is 15.2. The maximum atomic E-state index is 2.37. The Morgan fingerprint density at radius 1 is 0.264 bits per heavy atom. The molecule has 248 valence electrons.